The quantitative estimate of drug-likeness (QED) is 0.730. The van der Waals surface area contributed by atoms with Crippen LogP contribution >= 0.6 is 27.9 Å². The second-order valence-corrected chi connectivity index (χ2v) is 15.0. The Morgan fingerprint density at radius 3 is 2.38 bits per heavy atom. The van der Waals surface area contributed by atoms with Crippen molar-refractivity contribution in [1.29, 1.82) is 0 Å². The van der Waals surface area contributed by atoms with Gasteiger partial charge in [0.2, 0.25) is 0 Å². The van der Waals surface area contributed by atoms with Crippen LogP contribution in [-0.4, -0.2) is 22.3 Å². The van der Waals surface area contributed by atoms with Gasteiger partial charge >= 0.3 is 66.6 Å². The van der Waals surface area contributed by atoms with Gasteiger partial charge in [-0.05, 0) is 0 Å². The first-order chi connectivity index (χ1) is 3.68. The molecule has 0 fully saturated rings. The zero-order valence-electron chi connectivity index (χ0n) is 4.23. The first-order valence-electron chi connectivity index (χ1n) is 1.97. The molecule has 0 saturated heterocycles. The number of halogens is 2. The van der Waals surface area contributed by atoms with Crippen LogP contribution in [0, 0.1) is 0 Å². The maximum absolute atomic E-state index is 10.5. The second-order valence-electron chi connectivity index (χ2n) is 0.932. The summed E-state index contributed by atoms with van der Waals surface area (Å²) in [5, 5.41) is 0. The van der Waals surface area contributed by atoms with E-state index in [1.165, 1.54) is 0 Å². The van der Waals surface area contributed by atoms with Gasteiger partial charge in [-0.25, -0.2) is 0 Å². The van der Waals surface area contributed by atoms with Gasteiger partial charge in [0.25, 0.3) is 0 Å². The molecule has 0 aromatic carbocycles. The topological polar surface area (TPSA) is 26.3 Å². The van der Waals surface area contributed by atoms with E-state index in [9.17, 15) is 4.79 Å². The van der Waals surface area contributed by atoms with E-state index in [0.29, 0.717) is 6.61 Å². The van der Waals surface area contributed by atoms with Crippen LogP contribution in [0.4, 0.5) is 4.79 Å². The summed E-state index contributed by atoms with van der Waals surface area (Å²) in [6.45, 7) is 2.25. The molecule has 5 heteroatoms. The summed E-state index contributed by atoms with van der Waals surface area (Å²) in [7, 11) is -1.58. The molecule has 0 saturated carbocycles. The molecule has 0 aliphatic carbocycles. The molecule has 0 atom stereocenters. The van der Waals surface area contributed by atoms with Crippen LogP contribution in [0.3, 0.4) is 0 Å². The number of hydrogen-bond acceptors (Lipinski definition) is 2. The van der Waals surface area contributed by atoms with Crippen LogP contribution in [0.25, 0.3) is 0 Å². The van der Waals surface area contributed by atoms with Gasteiger partial charge in [-0.3, -0.25) is 0 Å². The van der Waals surface area contributed by atoms with Crippen molar-refractivity contribution in [3.05, 3.63) is 0 Å². The average Bonchev–Trinajstić information content (AvgIpc) is 1.67. The number of ether oxygens (including phenoxy) is 1. The van der Waals surface area contributed by atoms with Gasteiger partial charge in [-0.15, -0.1) is 0 Å². The third kappa shape index (κ3) is 3.93. The molecule has 0 spiro atoms. The fraction of sp³-hybridized carbons (Fsp3) is 0.667. The van der Waals surface area contributed by atoms with Crippen molar-refractivity contribution < 1.29 is 9.53 Å². The predicted molar refractivity (Wildman–Crippen MR) is 40.6 cm³/mol. The summed E-state index contributed by atoms with van der Waals surface area (Å²) >= 11 is 6.26. The van der Waals surface area contributed by atoms with Crippen molar-refractivity contribution in [2.24, 2.45) is 0 Å². The third-order valence-corrected chi connectivity index (χ3v) is 4.27. The summed E-state index contributed by atoms with van der Waals surface area (Å²) in [5.74, 6) is 0. The fourth-order valence-electron chi connectivity index (χ4n) is 0.172. The van der Waals surface area contributed by atoms with Gasteiger partial charge in [0.15, 0.2) is 0 Å². The molecule has 0 unspecified atom stereocenters. The van der Waals surface area contributed by atoms with E-state index in [4.69, 9.17) is 0 Å². The first kappa shape index (κ1) is 8.99. The van der Waals surface area contributed by atoms with Gasteiger partial charge in [-0.1, -0.05) is 0 Å². The Balaban J connectivity index is 3.33. The van der Waals surface area contributed by atoms with Crippen molar-refractivity contribution in [3.63, 3.8) is 0 Å². The molecule has 2 nitrogen and oxygen atoms in total. The molecule has 0 bridgehead atoms. The molecule has 48 valence electrons. The van der Waals surface area contributed by atoms with Crippen LogP contribution in [0.1, 0.15) is 6.92 Å². The van der Waals surface area contributed by atoms with E-state index in [-0.39, 0.29) is 4.76 Å². The van der Waals surface area contributed by atoms with Gasteiger partial charge in [0.05, 0.1) is 0 Å². The van der Waals surface area contributed by atoms with Crippen molar-refractivity contribution in [1.82, 2.24) is 0 Å². The Morgan fingerprint density at radius 2 is 2.25 bits per heavy atom. The van der Waals surface area contributed by atoms with Crippen LogP contribution in [-0.2, 0) is 4.74 Å². The maximum atomic E-state index is 10.5. The van der Waals surface area contributed by atoms with Crippen molar-refractivity contribution in [2.45, 2.75) is 6.92 Å². The Labute approximate surface area is 66.4 Å². The third-order valence-electron chi connectivity index (χ3n) is 0.406. The Hall–Kier alpha value is 0.988. The molecule has 8 heavy (non-hydrogen) atoms. The van der Waals surface area contributed by atoms with E-state index in [1.54, 1.807) is 6.92 Å². The van der Waals surface area contributed by atoms with Crippen molar-refractivity contribution in [2.75, 3.05) is 6.61 Å². The zero-order valence-corrected chi connectivity index (χ0v) is 9.28. The van der Waals surface area contributed by atoms with Gasteiger partial charge in [0.1, 0.15) is 0 Å². The zero-order chi connectivity index (χ0) is 6.57. The Kier molecular flexibility index (Phi) is 5.43. The molecule has 0 heterocycles. The minimum atomic E-state index is -1.58. The molecule has 0 aliphatic heterocycles. The second kappa shape index (κ2) is 4.83. The summed E-state index contributed by atoms with van der Waals surface area (Å²) in [6.07, 6.45) is 0. The Bertz CT molecular complexity index is 85.4. The summed E-state index contributed by atoms with van der Waals surface area (Å²) in [5.41, 5.74) is 0. The molecule has 0 amide bonds. The fourth-order valence-corrected chi connectivity index (χ4v) is 1.71. The first-order valence-corrected chi connectivity index (χ1v) is 11.7. The van der Waals surface area contributed by atoms with Gasteiger partial charge in [0, 0.05) is 0 Å². The normalized spacial score (nSPS) is 9.50. The van der Waals surface area contributed by atoms with Crippen LogP contribution in [0.2, 0.25) is 0 Å². The van der Waals surface area contributed by atoms with Crippen molar-refractivity contribution in [3.8, 4) is 0 Å². The van der Waals surface area contributed by atoms with Crippen LogP contribution in [0.15, 0.2) is 0 Å². The predicted octanol–water partition coefficient (Wildman–Crippen LogP) is 2.00. The minimum absolute atomic E-state index is 0.139. The van der Waals surface area contributed by atoms with E-state index < -0.39 is 10.9 Å². The van der Waals surface area contributed by atoms with Crippen LogP contribution < -0.4 is 0 Å². The van der Waals surface area contributed by atoms with Crippen molar-refractivity contribution >= 4 is 43.5 Å². The molecule has 0 aromatic rings. The molecule has 0 radical (unpaired) electrons. The monoisotopic (exact) mass is 306 g/mol. The number of carbonyl (C=O) groups is 1. The SMILES string of the molecule is CCOC(=O)[As](Br)Br. The number of rotatable bonds is 2. The molecular formula is C3H5AsBr2O2. The Morgan fingerprint density at radius 1 is 1.75 bits per heavy atom. The van der Waals surface area contributed by atoms with Gasteiger partial charge in [-0.2, -0.15) is 0 Å². The van der Waals surface area contributed by atoms with E-state index in [1.807, 2.05) is 0 Å². The standard InChI is InChI=1S/C3H5AsBr2O2/c1-2-8-3(7)4(5)6/h2H2,1H3. The number of hydrogen-bond donors (Lipinski definition) is 0. The van der Waals surface area contributed by atoms with Gasteiger partial charge < -0.3 is 0 Å². The molecule has 0 aromatic heterocycles. The molecule has 0 aliphatic rings. The van der Waals surface area contributed by atoms with Crippen LogP contribution in [0.5, 0.6) is 0 Å². The summed E-state index contributed by atoms with van der Waals surface area (Å²) in [6, 6.07) is 0. The molecular weight excluding hydrogens is 303 g/mol. The average molecular weight is 308 g/mol. The molecule has 0 rings (SSSR count). The summed E-state index contributed by atoms with van der Waals surface area (Å²) < 4.78 is 4.50. The molecule has 0 N–H and O–H groups in total. The summed E-state index contributed by atoms with van der Waals surface area (Å²) in [4.78, 5) is 10.5. The van der Waals surface area contributed by atoms with E-state index >= 15 is 0 Å². The van der Waals surface area contributed by atoms with E-state index in [0.717, 1.165) is 0 Å². The number of carbonyl (C=O) groups excluding carboxylic acids is 1. The van der Waals surface area contributed by atoms with E-state index in [2.05, 4.69) is 32.6 Å².